The summed E-state index contributed by atoms with van der Waals surface area (Å²) in [5.41, 5.74) is 0. The first-order valence-corrected chi connectivity index (χ1v) is 8.25. The average Bonchev–Trinajstić information content (AvgIpc) is 2.26. The zero-order chi connectivity index (χ0) is 18.2. The Hall–Kier alpha value is -1.70. The van der Waals surface area contributed by atoms with E-state index in [9.17, 15) is 30.0 Å². The molecule has 0 radical (unpaired) electrons. The number of nitrogens with two attached hydrogens (primary N) is 1. The van der Waals surface area contributed by atoms with Gasteiger partial charge in [-0.05, 0) is 12.1 Å². The summed E-state index contributed by atoms with van der Waals surface area (Å²) in [5.74, 6) is -2.76. The SMILES string of the molecule is CS(=O)(=O)O.NS(=O)(=O)c1ccccc1.O=C(O)C(F)(F)F. The van der Waals surface area contributed by atoms with Crippen LogP contribution in [0.1, 0.15) is 0 Å². The van der Waals surface area contributed by atoms with Crippen molar-refractivity contribution >= 4 is 26.1 Å². The van der Waals surface area contributed by atoms with Crippen LogP contribution in [-0.2, 0) is 24.9 Å². The molecule has 0 aromatic heterocycles. The zero-order valence-corrected chi connectivity index (χ0v) is 12.5. The highest BCUT2D eigenvalue weighted by atomic mass is 32.2. The van der Waals surface area contributed by atoms with Gasteiger partial charge in [-0.15, -0.1) is 0 Å². The molecule has 1 aromatic rings. The van der Waals surface area contributed by atoms with Crippen molar-refractivity contribution in [2.75, 3.05) is 6.26 Å². The molecule has 4 N–H and O–H groups in total. The molecular formula is C9H12F3NO7S2. The standard InChI is InChI=1S/C6H7NO2S.C2HF3O2.CH4O3S/c7-10(8,9)6-4-2-1-3-5-6;3-2(4,5)1(6)7;1-5(2,3)4/h1-5H,(H2,7,8,9);(H,6,7);1H3,(H,2,3,4). The number of primary sulfonamides is 1. The molecule has 0 aliphatic heterocycles. The lowest BCUT2D eigenvalue weighted by molar-refractivity contribution is -0.192. The molecule has 22 heavy (non-hydrogen) atoms. The van der Waals surface area contributed by atoms with Crippen molar-refractivity contribution in [1.82, 2.24) is 0 Å². The highest BCUT2D eigenvalue weighted by Gasteiger charge is 2.38. The smallest absolute Gasteiger partial charge is 0.475 e. The Labute approximate surface area is 124 Å². The van der Waals surface area contributed by atoms with Crippen molar-refractivity contribution in [2.45, 2.75) is 11.1 Å². The van der Waals surface area contributed by atoms with Crippen molar-refractivity contribution in [3.63, 3.8) is 0 Å². The van der Waals surface area contributed by atoms with Gasteiger partial charge < -0.3 is 5.11 Å². The van der Waals surface area contributed by atoms with Gasteiger partial charge >= 0.3 is 12.1 Å². The zero-order valence-electron chi connectivity index (χ0n) is 10.9. The Morgan fingerprint density at radius 2 is 1.36 bits per heavy atom. The summed E-state index contributed by atoms with van der Waals surface area (Å²) in [6, 6.07) is 7.89. The van der Waals surface area contributed by atoms with E-state index in [2.05, 4.69) is 0 Å². The molecule has 0 unspecified atom stereocenters. The molecule has 0 bridgehead atoms. The van der Waals surface area contributed by atoms with Crippen LogP contribution in [0, 0.1) is 0 Å². The van der Waals surface area contributed by atoms with Gasteiger partial charge in [0, 0.05) is 0 Å². The van der Waals surface area contributed by atoms with Crippen LogP contribution in [0.3, 0.4) is 0 Å². The van der Waals surface area contributed by atoms with E-state index in [1.807, 2.05) is 0 Å². The number of rotatable bonds is 1. The van der Waals surface area contributed by atoms with Crippen LogP contribution >= 0.6 is 0 Å². The fourth-order valence-electron chi connectivity index (χ4n) is 0.610. The van der Waals surface area contributed by atoms with Gasteiger partial charge in [0.1, 0.15) is 0 Å². The number of hydrogen-bond acceptors (Lipinski definition) is 5. The first kappa shape index (κ1) is 22.6. The molecule has 128 valence electrons. The highest BCUT2D eigenvalue weighted by Crippen LogP contribution is 2.13. The quantitative estimate of drug-likeness (QED) is 0.610. The summed E-state index contributed by atoms with van der Waals surface area (Å²) in [4.78, 5) is 9.04. The molecule has 0 amide bonds. The molecular weight excluding hydrogens is 355 g/mol. The maximum absolute atomic E-state index is 10.6. The average molecular weight is 367 g/mol. The Morgan fingerprint density at radius 3 is 1.50 bits per heavy atom. The fourth-order valence-corrected chi connectivity index (χ4v) is 1.15. The Kier molecular flexibility index (Phi) is 8.90. The number of carboxylic acids is 1. The van der Waals surface area contributed by atoms with Gasteiger partial charge in [-0.25, -0.2) is 18.4 Å². The summed E-state index contributed by atoms with van der Waals surface area (Å²) in [5, 5.41) is 12.0. The van der Waals surface area contributed by atoms with E-state index in [1.54, 1.807) is 18.2 Å². The maximum Gasteiger partial charge on any atom is 0.490 e. The molecule has 0 aliphatic rings. The first-order chi connectivity index (χ1) is 9.55. The maximum atomic E-state index is 10.6. The van der Waals surface area contributed by atoms with E-state index >= 15 is 0 Å². The number of carbonyl (C=O) groups is 1. The summed E-state index contributed by atoms with van der Waals surface area (Å²) >= 11 is 0. The normalized spacial score (nSPS) is 11.4. The lowest BCUT2D eigenvalue weighted by Crippen LogP contribution is -2.21. The van der Waals surface area contributed by atoms with Crippen molar-refractivity contribution < 1.29 is 44.5 Å². The van der Waals surface area contributed by atoms with E-state index in [-0.39, 0.29) is 4.90 Å². The summed E-state index contributed by atoms with van der Waals surface area (Å²) in [6.45, 7) is 0. The summed E-state index contributed by atoms with van der Waals surface area (Å²) in [6.07, 6.45) is -4.37. The third-order valence-electron chi connectivity index (χ3n) is 1.31. The monoisotopic (exact) mass is 367 g/mol. The van der Waals surface area contributed by atoms with Gasteiger partial charge in [0.25, 0.3) is 10.1 Å². The minimum Gasteiger partial charge on any atom is -0.475 e. The minimum atomic E-state index is -5.08. The molecule has 8 nitrogen and oxygen atoms in total. The van der Waals surface area contributed by atoms with Crippen LogP contribution in [0.25, 0.3) is 0 Å². The van der Waals surface area contributed by atoms with Gasteiger partial charge in [0.05, 0.1) is 11.2 Å². The van der Waals surface area contributed by atoms with Crippen LogP contribution in [0.5, 0.6) is 0 Å². The van der Waals surface area contributed by atoms with Crippen molar-refractivity contribution in [2.24, 2.45) is 5.14 Å². The molecule has 0 atom stereocenters. The third kappa shape index (κ3) is 16.4. The number of halogens is 3. The van der Waals surface area contributed by atoms with Crippen molar-refractivity contribution in [1.29, 1.82) is 0 Å². The van der Waals surface area contributed by atoms with Crippen LogP contribution in [-0.4, -0.2) is 44.9 Å². The predicted octanol–water partition coefficient (Wildman–Crippen LogP) is 0.471. The van der Waals surface area contributed by atoms with E-state index in [0.717, 1.165) is 0 Å². The highest BCUT2D eigenvalue weighted by molar-refractivity contribution is 7.89. The van der Waals surface area contributed by atoms with Crippen LogP contribution in [0.4, 0.5) is 13.2 Å². The molecule has 0 heterocycles. The van der Waals surface area contributed by atoms with Crippen LogP contribution in [0.15, 0.2) is 35.2 Å². The van der Waals surface area contributed by atoms with Gasteiger partial charge in [0.2, 0.25) is 10.0 Å². The molecule has 0 fully saturated rings. The number of hydrogen-bond donors (Lipinski definition) is 3. The van der Waals surface area contributed by atoms with Gasteiger partial charge in [-0.3, -0.25) is 4.55 Å². The summed E-state index contributed by atoms with van der Waals surface area (Å²) in [7, 11) is -7.17. The molecule has 13 heteroatoms. The second-order valence-corrected chi connectivity index (χ2v) is 6.42. The van der Waals surface area contributed by atoms with Gasteiger partial charge in [-0.2, -0.15) is 21.6 Å². The lowest BCUT2D eigenvalue weighted by Gasteiger charge is -1.93. The van der Waals surface area contributed by atoms with Crippen LogP contribution < -0.4 is 5.14 Å². The minimum absolute atomic E-state index is 0.148. The number of benzene rings is 1. The topological polar surface area (TPSA) is 152 Å². The van der Waals surface area contributed by atoms with Gasteiger partial charge in [0.15, 0.2) is 0 Å². The predicted molar refractivity (Wildman–Crippen MR) is 69.0 cm³/mol. The number of alkyl halides is 3. The van der Waals surface area contributed by atoms with E-state index in [1.165, 1.54) is 12.1 Å². The molecule has 1 aromatic carbocycles. The van der Waals surface area contributed by atoms with Crippen molar-refractivity contribution in [3.05, 3.63) is 30.3 Å². The fraction of sp³-hybridized carbons (Fsp3) is 0.222. The first-order valence-electron chi connectivity index (χ1n) is 4.85. The Bertz CT molecular complexity index is 661. The molecule has 0 spiro atoms. The number of aliphatic carboxylic acids is 1. The molecule has 0 aliphatic carbocycles. The number of sulfonamides is 1. The Morgan fingerprint density at radius 1 is 1.09 bits per heavy atom. The number of carboxylic acid groups (broad SMARTS) is 1. The van der Waals surface area contributed by atoms with E-state index in [0.29, 0.717) is 6.26 Å². The van der Waals surface area contributed by atoms with Gasteiger partial charge in [-0.1, -0.05) is 18.2 Å². The van der Waals surface area contributed by atoms with Crippen LogP contribution in [0.2, 0.25) is 0 Å². The van der Waals surface area contributed by atoms with Crippen molar-refractivity contribution in [3.8, 4) is 0 Å². The van der Waals surface area contributed by atoms with E-state index < -0.39 is 32.3 Å². The third-order valence-corrected chi connectivity index (χ3v) is 2.24. The molecule has 1 rings (SSSR count). The summed E-state index contributed by atoms with van der Waals surface area (Å²) < 4.78 is 78.8. The largest absolute Gasteiger partial charge is 0.490 e. The second kappa shape index (κ2) is 8.67. The Balaban J connectivity index is 0. The second-order valence-electron chi connectivity index (χ2n) is 3.39. The molecule has 0 saturated carbocycles. The lowest BCUT2D eigenvalue weighted by atomic mass is 10.4. The van der Waals surface area contributed by atoms with E-state index in [4.69, 9.17) is 19.6 Å². The molecule has 0 saturated heterocycles.